The molecule has 16 heteroatoms. The van der Waals surface area contributed by atoms with Crippen molar-refractivity contribution in [3.8, 4) is 12.3 Å². The summed E-state index contributed by atoms with van der Waals surface area (Å²) in [6.07, 6.45) is 9.23. The molecule has 2 aromatic heterocycles. The number of para-hydroxylation sites is 1. The second-order valence-corrected chi connectivity index (χ2v) is 13.9. The molecule has 0 unspecified atom stereocenters. The molecule has 2 aliphatic heterocycles. The highest BCUT2D eigenvalue weighted by atomic mass is 35.5. The molecule has 264 valence electrons. The van der Waals surface area contributed by atoms with E-state index in [9.17, 15) is 14.4 Å². The van der Waals surface area contributed by atoms with E-state index in [2.05, 4.69) is 62.2 Å². The quantitative estimate of drug-likeness (QED) is 0.121. The summed E-state index contributed by atoms with van der Waals surface area (Å²) in [5, 5.41) is 21.0. The molecule has 0 aliphatic carbocycles. The summed E-state index contributed by atoms with van der Waals surface area (Å²) < 4.78 is 0. The van der Waals surface area contributed by atoms with E-state index in [1.807, 2.05) is 39.0 Å². The number of nitrogens with one attached hydrogen (secondary N) is 4. The highest BCUT2D eigenvalue weighted by Crippen LogP contribution is 2.32. The van der Waals surface area contributed by atoms with Gasteiger partial charge in [-0.3, -0.25) is 19.3 Å². The number of anilines is 4. The molecule has 5 rings (SSSR count). The van der Waals surface area contributed by atoms with Gasteiger partial charge in [0.05, 0.1) is 16.9 Å². The SMILES string of the molecule is C#CCCCC(=O)N[C@@H](CCC1(C)N=N1)C(=O)NCCN1CCN(c2cc(Nc3ncc(C(=O)Nc4c(C)cccc4Cl)s3)nc(C)n2)CC1. The average Bonchev–Trinajstić information content (AvgIpc) is 3.64. The average molecular weight is 720 g/mol. The summed E-state index contributed by atoms with van der Waals surface area (Å²) in [4.78, 5) is 56.8. The molecule has 0 spiro atoms. The van der Waals surface area contributed by atoms with E-state index in [1.165, 1.54) is 17.5 Å². The minimum atomic E-state index is -0.650. The Kier molecular flexibility index (Phi) is 12.3. The molecule has 1 fully saturated rings. The van der Waals surface area contributed by atoms with Crippen molar-refractivity contribution >= 4 is 63.1 Å². The van der Waals surface area contributed by atoms with Crippen LogP contribution in [0.5, 0.6) is 0 Å². The molecule has 1 aromatic carbocycles. The molecule has 4 N–H and O–H groups in total. The normalized spacial score (nSPS) is 15.5. The molecule has 2 aliphatic rings. The zero-order valence-corrected chi connectivity index (χ0v) is 30.0. The highest BCUT2D eigenvalue weighted by Gasteiger charge is 2.35. The van der Waals surface area contributed by atoms with Crippen molar-refractivity contribution in [1.29, 1.82) is 0 Å². The van der Waals surface area contributed by atoms with Gasteiger partial charge in [-0.05, 0) is 51.7 Å². The van der Waals surface area contributed by atoms with Gasteiger partial charge in [0.15, 0.2) is 10.8 Å². The van der Waals surface area contributed by atoms with Gasteiger partial charge in [-0.1, -0.05) is 35.1 Å². The number of unbranched alkanes of at least 4 members (excludes halogenated alkanes) is 1. The largest absolute Gasteiger partial charge is 0.354 e. The minimum absolute atomic E-state index is 0.187. The van der Waals surface area contributed by atoms with Crippen molar-refractivity contribution < 1.29 is 14.4 Å². The van der Waals surface area contributed by atoms with Gasteiger partial charge < -0.3 is 26.2 Å². The molecule has 0 saturated carbocycles. The predicted octanol–water partition coefficient (Wildman–Crippen LogP) is 4.69. The number of halogens is 1. The number of hydrogen-bond acceptors (Lipinski definition) is 12. The number of benzene rings is 1. The molecule has 1 saturated heterocycles. The summed E-state index contributed by atoms with van der Waals surface area (Å²) in [6, 6.07) is 6.67. The van der Waals surface area contributed by atoms with Crippen molar-refractivity contribution in [3.63, 3.8) is 0 Å². The third kappa shape index (κ3) is 10.4. The van der Waals surface area contributed by atoms with E-state index >= 15 is 0 Å². The molecular weight excluding hydrogens is 678 g/mol. The monoisotopic (exact) mass is 719 g/mol. The third-order valence-electron chi connectivity index (χ3n) is 8.40. The molecule has 14 nitrogen and oxygen atoms in total. The van der Waals surface area contributed by atoms with Crippen LogP contribution >= 0.6 is 22.9 Å². The summed E-state index contributed by atoms with van der Waals surface area (Å²) in [6.45, 7) is 9.82. The van der Waals surface area contributed by atoms with E-state index in [0.29, 0.717) is 71.1 Å². The van der Waals surface area contributed by atoms with Gasteiger partial charge >= 0.3 is 0 Å². The summed E-state index contributed by atoms with van der Waals surface area (Å²) in [7, 11) is 0. The number of carbonyl (C=O) groups is 3. The minimum Gasteiger partial charge on any atom is -0.354 e. The Hall–Kier alpha value is -4.65. The van der Waals surface area contributed by atoms with Crippen LogP contribution in [-0.2, 0) is 9.59 Å². The summed E-state index contributed by atoms with van der Waals surface area (Å²) in [5.41, 5.74) is 0.992. The number of rotatable bonds is 16. The van der Waals surface area contributed by atoms with Crippen LogP contribution in [0.2, 0.25) is 5.02 Å². The van der Waals surface area contributed by atoms with Gasteiger partial charge in [-0.25, -0.2) is 15.0 Å². The van der Waals surface area contributed by atoms with Gasteiger partial charge in [0, 0.05) is 58.2 Å². The summed E-state index contributed by atoms with van der Waals surface area (Å²) in [5.74, 6) is 3.82. The van der Waals surface area contributed by atoms with Crippen LogP contribution in [0.15, 0.2) is 40.7 Å². The Morgan fingerprint density at radius 1 is 1.14 bits per heavy atom. The Balaban J connectivity index is 1.08. The first kappa shape index (κ1) is 36.6. The van der Waals surface area contributed by atoms with E-state index in [4.69, 9.17) is 18.0 Å². The predicted molar refractivity (Wildman–Crippen MR) is 195 cm³/mol. The van der Waals surface area contributed by atoms with Crippen LogP contribution < -0.4 is 26.2 Å². The number of amides is 3. The Morgan fingerprint density at radius 2 is 1.92 bits per heavy atom. The topological polar surface area (TPSA) is 169 Å². The number of hydrogen-bond donors (Lipinski definition) is 4. The van der Waals surface area contributed by atoms with Crippen molar-refractivity contribution in [3.05, 3.63) is 51.7 Å². The van der Waals surface area contributed by atoms with Crippen LogP contribution in [0.3, 0.4) is 0 Å². The Morgan fingerprint density at radius 3 is 2.64 bits per heavy atom. The number of nitrogens with zero attached hydrogens (tertiary/aromatic N) is 7. The number of piperazine rings is 1. The molecule has 4 heterocycles. The lowest BCUT2D eigenvalue weighted by Crippen LogP contribution is -2.51. The first-order chi connectivity index (χ1) is 24.0. The third-order valence-corrected chi connectivity index (χ3v) is 9.62. The second kappa shape index (κ2) is 16.8. The van der Waals surface area contributed by atoms with Gasteiger partial charge in [0.25, 0.3) is 5.91 Å². The lowest BCUT2D eigenvalue weighted by atomic mass is 10.0. The van der Waals surface area contributed by atoms with E-state index in [-0.39, 0.29) is 24.1 Å². The number of aromatic nitrogens is 3. The standard InChI is InChI=1S/C34H42ClN11O3S/c1-5-6-7-11-29(47)40-25(12-13-34(4)43-44-34)31(48)36-14-15-45-16-18-46(19-17-45)28-20-27(38-23(3)39-28)41-33-37-21-26(50-33)32(49)42-30-22(2)9-8-10-24(30)35/h1,8-10,20-21,25H,6-7,11-19H2,2-4H3,(H,36,48)(H,40,47)(H,42,49)(H,37,38,39,41)/t25-/m0/s1. The van der Waals surface area contributed by atoms with E-state index in [1.54, 1.807) is 6.07 Å². The highest BCUT2D eigenvalue weighted by molar-refractivity contribution is 7.17. The first-order valence-electron chi connectivity index (χ1n) is 16.6. The number of carbonyl (C=O) groups excluding carboxylic acids is 3. The maximum absolute atomic E-state index is 13.1. The molecule has 0 radical (unpaired) electrons. The first-order valence-corrected chi connectivity index (χ1v) is 17.8. The van der Waals surface area contributed by atoms with Crippen molar-refractivity contribution in [1.82, 2.24) is 30.5 Å². The molecule has 50 heavy (non-hydrogen) atoms. The van der Waals surface area contributed by atoms with Crippen LogP contribution in [0.1, 0.15) is 60.1 Å². The van der Waals surface area contributed by atoms with Crippen LogP contribution in [0.4, 0.5) is 22.5 Å². The van der Waals surface area contributed by atoms with Crippen LogP contribution in [-0.4, -0.2) is 88.5 Å². The fourth-order valence-corrected chi connectivity index (χ4v) is 6.43. The zero-order valence-electron chi connectivity index (χ0n) is 28.5. The van der Waals surface area contributed by atoms with Gasteiger partial charge in [-0.2, -0.15) is 10.2 Å². The maximum atomic E-state index is 13.1. The fraction of sp³-hybridized carbons (Fsp3) is 0.471. The molecule has 3 amide bonds. The van der Waals surface area contributed by atoms with E-state index in [0.717, 1.165) is 37.6 Å². The lowest BCUT2D eigenvalue weighted by molar-refractivity contribution is -0.129. The van der Waals surface area contributed by atoms with Crippen molar-refractivity contribution in [2.24, 2.45) is 10.2 Å². The maximum Gasteiger partial charge on any atom is 0.267 e. The van der Waals surface area contributed by atoms with Gasteiger partial charge in [0.1, 0.15) is 28.4 Å². The lowest BCUT2D eigenvalue weighted by Gasteiger charge is -2.35. The Labute approximate surface area is 300 Å². The fourth-order valence-electron chi connectivity index (χ4n) is 5.44. The smallest absolute Gasteiger partial charge is 0.267 e. The van der Waals surface area contributed by atoms with Crippen LogP contribution in [0.25, 0.3) is 0 Å². The summed E-state index contributed by atoms with van der Waals surface area (Å²) >= 11 is 7.49. The zero-order chi connectivity index (χ0) is 35.7. The van der Waals surface area contributed by atoms with Gasteiger partial charge in [0.2, 0.25) is 11.8 Å². The molecule has 3 aromatic rings. The van der Waals surface area contributed by atoms with Crippen molar-refractivity contribution in [2.75, 3.05) is 54.8 Å². The van der Waals surface area contributed by atoms with Gasteiger partial charge in [-0.15, -0.1) is 12.3 Å². The molecular formula is C34H42ClN11O3S. The van der Waals surface area contributed by atoms with Crippen LogP contribution in [0, 0.1) is 26.2 Å². The second-order valence-electron chi connectivity index (χ2n) is 12.5. The molecule has 0 bridgehead atoms. The van der Waals surface area contributed by atoms with Crippen molar-refractivity contribution in [2.45, 2.75) is 64.6 Å². The van der Waals surface area contributed by atoms with E-state index < -0.39 is 11.7 Å². The molecule has 1 atom stereocenters. The number of thiazole rings is 1. The Bertz CT molecular complexity index is 1740. The number of aryl methyl sites for hydroxylation is 2. The number of terminal acetylenes is 1.